The molecule has 0 saturated carbocycles. The molecule has 2 aliphatic rings. The van der Waals surface area contributed by atoms with E-state index in [-0.39, 0.29) is 12.4 Å². The number of carbonyl (C=O) groups is 1. The van der Waals surface area contributed by atoms with Crippen molar-refractivity contribution in [1.82, 2.24) is 10.2 Å². The van der Waals surface area contributed by atoms with Gasteiger partial charge in [0.25, 0.3) is 0 Å². The highest BCUT2D eigenvalue weighted by Crippen LogP contribution is 2.14. The second-order valence-electron chi connectivity index (χ2n) is 3.92. The fourth-order valence-electron chi connectivity index (χ4n) is 1.90. The maximum absolute atomic E-state index is 11.9. The van der Waals surface area contributed by atoms with Crippen molar-refractivity contribution in [3.63, 3.8) is 0 Å². The molecule has 0 bridgehead atoms. The molecule has 1 N–H and O–H groups in total. The second kappa shape index (κ2) is 7.69. The molecule has 94 valence electrons. The molecule has 16 heavy (non-hydrogen) atoms. The molecule has 1 amide bonds. The summed E-state index contributed by atoms with van der Waals surface area (Å²) >= 11 is 3.90. The number of hydrogen-bond acceptors (Lipinski definition) is 4. The van der Waals surface area contributed by atoms with Crippen molar-refractivity contribution in [2.45, 2.75) is 12.5 Å². The highest BCUT2D eigenvalue weighted by Gasteiger charge is 2.21. The molecular formula is C10H19ClN2OS2. The largest absolute Gasteiger partial charge is 0.341 e. The van der Waals surface area contributed by atoms with Gasteiger partial charge >= 0.3 is 0 Å². The monoisotopic (exact) mass is 282 g/mol. The number of amides is 1. The third-order valence-electron chi connectivity index (χ3n) is 2.78. The number of halogens is 1. The van der Waals surface area contributed by atoms with E-state index in [1.165, 1.54) is 5.75 Å². The lowest BCUT2D eigenvalue weighted by atomic mass is 10.2. The number of carbonyl (C=O) groups excluding carboxylic acids is 1. The number of nitrogens with zero attached hydrogens (tertiary/aromatic N) is 1. The lowest BCUT2D eigenvalue weighted by molar-refractivity contribution is -0.131. The Labute approximate surface area is 112 Å². The summed E-state index contributed by atoms with van der Waals surface area (Å²) in [6, 6.07) is 0.408. The molecular weight excluding hydrogens is 264 g/mol. The van der Waals surface area contributed by atoms with Crippen molar-refractivity contribution in [3.8, 4) is 0 Å². The highest BCUT2D eigenvalue weighted by molar-refractivity contribution is 7.99. The summed E-state index contributed by atoms with van der Waals surface area (Å²) in [6.45, 7) is 2.95. The van der Waals surface area contributed by atoms with Crippen LogP contribution in [0.25, 0.3) is 0 Å². The lowest BCUT2D eigenvalue weighted by Gasteiger charge is -2.29. The van der Waals surface area contributed by atoms with Gasteiger partial charge in [-0.05, 0) is 0 Å². The predicted octanol–water partition coefficient (Wildman–Crippen LogP) is 1.08. The van der Waals surface area contributed by atoms with Crippen LogP contribution in [0.4, 0.5) is 0 Å². The predicted molar refractivity (Wildman–Crippen MR) is 74.9 cm³/mol. The molecule has 2 heterocycles. The van der Waals surface area contributed by atoms with E-state index in [2.05, 4.69) is 5.32 Å². The minimum atomic E-state index is 0. The van der Waals surface area contributed by atoms with E-state index >= 15 is 0 Å². The Hall–Kier alpha value is 0.420. The summed E-state index contributed by atoms with van der Waals surface area (Å²) < 4.78 is 0. The van der Waals surface area contributed by atoms with Crippen molar-refractivity contribution < 1.29 is 4.79 Å². The highest BCUT2D eigenvalue weighted by atomic mass is 35.5. The molecule has 2 saturated heterocycles. The maximum atomic E-state index is 11.9. The van der Waals surface area contributed by atoms with Crippen LogP contribution in [0.2, 0.25) is 0 Å². The van der Waals surface area contributed by atoms with E-state index in [4.69, 9.17) is 0 Å². The van der Waals surface area contributed by atoms with Crippen LogP contribution in [0, 0.1) is 0 Å². The van der Waals surface area contributed by atoms with Gasteiger partial charge in [-0.15, -0.1) is 12.4 Å². The Morgan fingerprint density at radius 1 is 1.25 bits per heavy atom. The molecule has 0 aromatic rings. The van der Waals surface area contributed by atoms with Gasteiger partial charge in [0, 0.05) is 55.1 Å². The SMILES string of the molecule is Cl.O=C(CC1CSCCN1)N1CCSCC1. The molecule has 3 nitrogen and oxygen atoms in total. The Balaban J connectivity index is 0.00000128. The van der Waals surface area contributed by atoms with E-state index in [0.717, 1.165) is 36.9 Å². The zero-order valence-electron chi connectivity index (χ0n) is 9.31. The molecule has 2 rings (SSSR count). The molecule has 2 fully saturated rings. The number of nitrogens with one attached hydrogen (secondary N) is 1. The molecule has 0 spiro atoms. The average Bonchev–Trinajstić information content (AvgIpc) is 2.31. The van der Waals surface area contributed by atoms with Crippen molar-refractivity contribution >= 4 is 41.8 Å². The number of thioether (sulfide) groups is 2. The zero-order valence-corrected chi connectivity index (χ0v) is 11.8. The molecule has 0 radical (unpaired) electrons. The molecule has 0 aliphatic carbocycles. The van der Waals surface area contributed by atoms with Crippen molar-refractivity contribution in [2.24, 2.45) is 0 Å². The van der Waals surface area contributed by atoms with Crippen LogP contribution in [0.3, 0.4) is 0 Å². The standard InChI is InChI=1S/C10H18N2OS2.ClH/c13-10(12-2-5-14-6-3-12)7-9-8-15-4-1-11-9;/h9,11H,1-8H2;1H. The minimum Gasteiger partial charge on any atom is -0.341 e. The molecule has 6 heteroatoms. The van der Waals surface area contributed by atoms with Gasteiger partial charge in [0.05, 0.1) is 0 Å². The van der Waals surface area contributed by atoms with E-state index in [1.54, 1.807) is 0 Å². The first kappa shape index (κ1) is 14.5. The minimum absolute atomic E-state index is 0. The van der Waals surface area contributed by atoms with Gasteiger partial charge in [0.1, 0.15) is 0 Å². The first-order valence-corrected chi connectivity index (χ1v) is 7.84. The van der Waals surface area contributed by atoms with Crippen molar-refractivity contribution in [1.29, 1.82) is 0 Å². The topological polar surface area (TPSA) is 32.3 Å². The van der Waals surface area contributed by atoms with Crippen molar-refractivity contribution in [3.05, 3.63) is 0 Å². The zero-order chi connectivity index (χ0) is 10.5. The van der Waals surface area contributed by atoms with E-state index in [9.17, 15) is 4.79 Å². The van der Waals surface area contributed by atoms with E-state index in [1.807, 2.05) is 28.4 Å². The van der Waals surface area contributed by atoms with Gasteiger partial charge in [0.15, 0.2) is 0 Å². The van der Waals surface area contributed by atoms with Crippen LogP contribution in [0.5, 0.6) is 0 Å². The third kappa shape index (κ3) is 4.35. The molecule has 1 unspecified atom stereocenters. The number of rotatable bonds is 2. The molecule has 0 aromatic heterocycles. The maximum Gasteiger partial charge on any atom is 0.224 e. The van der Waals surface area contributed by atoms with E-state index < -0.39 is 0 Å². The van der Waals surface area contributed by atoms with Gasteiger partial charge in [-0.1, -0.05) is 0 Å². The third-order valence-corrected chi connectivity index (χ3v) is 4.86. The van der Waals surface area contributed by atoms with Gasteiger partial charge in [-0.2, -0.15) is 23.5 Å². The van der Waals surface area contributed by atoms with Gasteiger partial charge in [-0.3, -0.25) is 4.79 Å². The summed E-state index contributed by atoms with van der Waals surface area (Å²) in [7, 11) is 0. The van der Waals surface area contributed by atoms with E-state index in [0.29, 0.717) is 18.4 Å². The Morgan fingerprint density at radius 2 is 2.00 bits per heavy atom. The van der Waals surface area contributed by atoms with Crippen LogP contribution in [-0.4, -0.2) is 59.5 Å². The normalized spacial score (nSPS) is 26.0. The van der Waals surface area contributed by atoms with Gasteiger partial charge < -0.3 is 10.2 Å². The first-order valence-electron chi connectivity index (χ1n) is 5.53. The Morgan fingerprint density at radius 3 is 2.62 bits per heavy atom. The summed E-state index contributed by atoms with van der Waals surface area (Å²) in [4.78, 5) is 14.0. The van der Waals surface area contributed by atoms with Crippen LogP contribution in [0.1, 0.15) is 6.42 Å². The van der Waals surface area contributed by atoms with Crippen LogP contribution < -0.4 is 5.32 Å². The van der Waals surface area contributed by atoms with Gasteiger partial charge in [-0.25, -0.2) is 0 Å². The molecule has 1 atom stereocenters. The number of hydrogen-bond donors (Lipinski definition) is 1. The molecule has 0 aromatic carbocycles. The summed E-state index contributed by atoms with van der Waals surface area (Å²) in [5.74, 6) is 4.84. The van der Waals surface area contributed by atoms with Crippen LogP contribution >= 0.6 is 35.9 Å². The summed E-state index contributed by atoms with van der Waals surface area (Å²) in [6.07, 6.45) is 0.692. The summed E-state index contributed by atoms with van der Waals surface area (Å²) in [5, 5.41) is 3.42. The summed E-state index contributed by atoms with van der Waals surface area (Å²) in [5.41, 5.74) is 0. The van der Waals surface area contributed by atoms with Crippen LogP contribution in [0.15, 0.2) is 0 Å². The average molecular weight is 283 g/mol. The van der Waals surface area contributed by atoms with Crippen LogP contribution in [-0.2, 0) is 4.79 Å². The second-order valence-corrected chi connectivity index (χ2v) is 6.30. The Kier molecular flexibility index (Phi) is 6.96. The first-order chi connectivity index (χ1) is 7.36. The molecule has 2 aliphatic heterocycles. The fourth-order valence-corrected chi connectivity index (χ4v) is 3.76. The quantitative estimate of drug-likeness (QED) is 0.822. The van der Waals surface area contributed by atoms with Gasteiger partial charge in [0.2, 0.25) is 5.91 Å². The smallest absolute Gasteiger partial charge is 0.224 e. The fraction of sp³-hybridized carbons (Fsp3) is 0.900. The van der Waals surface area contributed by atoms with Crippen molar-refractivity contribution in [2.75, 3.05) is 42.6 Å². The lowest BCUT2D eigenvalue weighted by Crippen LogP contribution is -2.44. The Bertz CT molecular complexity index is 219.